The Balaban J connectivity index is 2.08. The number of thiazole rings is 1. The minimum Gasteiger partial charge on any atom is -0.478 e. The molecule has 1 N–H and O–H groups in total. The molecule has 24 heavy (non-hydrogen) atoms. The molecule has 0 saturated heterocycles. The zero-order valence-corrected chi connectivity index (χ0v) is 13.0. The number of carboxylic acids is 1. The van der Waals surface area contributed by atoms with E-state index in [1.54, 1.807) is 5.38 Å². The van der Waals surface area contributed by atoms with Crippen LogP contribution in [-0.4, -0.2) is 25.8 Å². The molecular weight excluding hydrogens is 343 g/mol. The standard InChI is InChI=1S/C15H10F3N3O2S/c1-8-2-4-9(5-3-8)11-7-24-14(20-11)21-12(15(16,17)18)10(6-19-21)13(22)23/h2-7H,1H3,(H,22,23). The number of nitrogens with zero attached hydrogens (tertiary/aromatic N) is 3. The summed E-state index contributed by atoms with van der Waals surface area (Å²) in [5.74, 6) is -1.69. The molecule has 0 amide bonds. The lowest BCUT2D eigenvalue weighted by Gasteiger charge is -2.09. The minimum absolute atomic E-state index is 0.0506. The number of hydrogen-bond donors (Lipinski definition) is 1. The van der Waals surface area contributed by atoms with E-state index in [1.165, 1.54) is 0 Å². The normalized spacial score (nSPS) is 11.7. The number of aryl methyl sites for hydroxylation is 1. The number of hydrogen-bond acceptors (Lipinski definition) is 4. The maximum Gasteiger partial charge on any atom is 0.434 e. The van der Waals surface area contributed by atoms with E-state index < -0.39 is 23.4 Å². The summed E-state index contributed by atoms with van der Waals surface area (Å²) in [5, 5.41) is 14.0. The third kappa shape index (κ3) is 2.90. The van der Waals surface area contributed by atoms with Crippen LogP contribution in [0.4, 0.5) is 13.2 Å². The zero-order chi connectivity index (χ0) is 17.5. The summed E-state index contributed by atoms with van der Waals surface area (Å²) in [6.07, 6.45) is -4.18. The van der Waals surface area contributed by atoms with Gasteiger partial charge in [0.05, 0.1) is 11.9 Å². The number of rotatable bonds is 3. The maximum atomic E-state index is 13.2. The third-order valence-corrected chi connectivity index (χ3v) is 4.10. The van der Waals surface area contributed by atoms with E-state index in [2.05, 4.69) is 10.1 Å². The highest BCUT2D eigenvalue weighted by Crippen LogP contribution is 2.35. The number of aromatic nitrogens is 3. The monoisotopic (exact) mass is 353 g/mol. The zero-order valence-electron chi connectivity index (χ0n) is 12.2. The summed E-state index contributed by atoms with van der Waals surface area (Å²) in [6.45, 7) is 1.92. The topological polar surface area (TPSA) is 68.0 Å². The van der Waals surface area contributed by atoms with E-state index in [0.717, 1.165) is 22.5 Å². The van der Waals surface area contributed by atoms with Gasteiger partial charge in [0.1, 0.15) is 5.56 Å². The molecule has 0 aliphatic heterocycles. The highest BCUT2D eigenvalue weighted by atomic mass is 32.1. The van der Waals surface area contributed by atoms with E-state index in [1.807, 2.05) is 31.2 Å². The van der Waals surface area contributed by atoms with Gasteiger partial charge in [0.25, 0.3) is 0 Å². The van der Waals surface area contributed by atoms with Crippen LogP contribution < -0.4 is 0 Å². The highest BCUT2D eigenvalue weighted by Gasteiger charge is 2.41. The lowest BCUT2D eigenvalue weighted by atomic mass is 10.1. The van der Waals surface area contributed by atoms with Crippen molar-refractivity contribution in [1.82, 2.24) is 14.8 Å². The van der Waals surface area contributed by atoms with Crippen molar-refractivity contribution in [2.24, 2.45) is 0 Å². The van der Waals surface area contributed by atoms with Crippen LogP contribution in [0.1, 0.15) is 21.6 Å². The molecule has 1 aromatic carbocycles. The Morgan fingerprint density at radius 2 is 1.92 bits per heavy atom. The summed E-state index contributed by atoms with van der Waals surface area (Å²) in [7, 11) is 0. The van der Waals surface area contributed by atoms with Crippen molar-refractivity contribution in [3.63, 3.8) is 0 Å². The first-order valence-electron chi connectivity index (χ1n) is 6.69. The van der Waals surface area contributed by atoms with Crippen LogP contribution in [0, 0.1) is 6.92 Å². The van der Waals surface area contributed by atoms with Gasteiger partial charge in [-0.1, -0.05) is 29.8 Å². The van der Waals surface area contributed by atoms with Gasteiger partial charge in [-0.15, -0.1) is 11.3 Å². The average molecular weight is 353 g/mol. The van der Waals surface area contributed by atoms with Crippen LogP contribution in [0.15, 0.2) is 35.8 Å². The second kappa shape index (κ2) is 5.75. The largest absolute Gasteiger partial charge is 0.478 e. The summed E-state index contributed by atoms with van der Waals surface area (Å²) in [6, 6.07) is 7.35. The van der Waals surface area contributed by atoms with Crippen molar-refractivity contribution in [3.8, 4) is 16.4 Å². The number of carboxylic acid groups (broad SMARTS) is 1. The number of aromatic carboxylic acids is 1. The van der Waals surface area contributed by atoms with Crippen LogP contribution in [0.5, 0.6) is 0 Å². The van der Waals surface area contributed by atoms with Gasteiger partial charge < -0.3 is 5.11 Å². The highest BCUT2D eigenvalue weighted by molar-refractivity contribution is 7.12. The summed E-state index contributed by atoms with van der Waals surface area (Å²) in [5.41, 5.74) is 0.0406. The fraction of sp³-hybridized carbons (Fsp3) is 0.133. The first kappa shape index (κ1) is 16.2. The van der Waals surface area contributed by atoms with E-state index in [9.17, 15) is 18.0 Å². The van der Waals surface area contributed by atoms with Gasteiger partial charge in [0, 0.05) is 10.9 Å². The van der Waals surface area contributed by atoms with Gasteiger partial charge in [-0.3, -0.25) is 0 Å². The molecule has 9 heteroatoms. The molecule has 5 nitrogen and oxygen atoms in total. The third-order valence-electron chi connectivity index (χ3n) is 3.29. The van der Waals surface area contributed by atoms with Gasteiger partial charge in [0.15, 0.2) is 5.69 Å². The SMILES string of the molecule is Cc1ccc(-c2csc(-n3ncc(C(=O)O)c3C(F)(F)F)n2)cc1. The fourth-order valence-corrected chi connectivity index (χ4v) is 2.94. The summed E-state index contributed by atoms with van der Waals surface area (Å²) < 4.78 is 40.2. The molecule has 0 bridgehead atoms. The van der Waals surface area contributed by atoms with Gasteiger partial charge in [-0.2, -0.15) is 18.3 Å². The molecular formula is C15H10F3N3O2S. The van der Waals surface area contributed by atoms with Crippen molar-refractivity contribution in [3.05, 3.63) is 52.7 Å². The van der Waals surface area contributed by atoms with Crippen LogP contribution in [-0.2, 0) is 6.18 Å². The van der Waals surface area contributed by atoms with Crippen LogP contribution in [0.3, 0.4) is 0 Å². The molecule has 0 aliphatic rings. The lowest BCUT2D eigenvalue weighted by molar-refractivity contribution is -0.143. The Bertz CT molecular complexity index is 898. The first-order valence-corrected chi connectivity index (χ1v) is 7.57. The number of carbonyl (C=O) groups is 1. The van der Waals surface area contributed by atoms with Crippen molar-refractivity contribution < 1.29 is 23.1 Å². The Labute approximate surface area is 138 Å². The molecule has 0 unspecified atom stereocenters. The van der Waals surface area contributed by atoms with E-state index >= 15 is 0 Å². The van der Waals surface area contributed by atoms with Gasteiger partial charge in [0.2, 0.25) is 5.13 Å². The van der Waals surface area contributed by atoms with Gasteiger partial charge in [-0.05, 0) is 6.92 Å². The van der Waals surface area contributed by atoms with E-state index in [4.69, 9.17) is 5.11 Å². The minimum atomic E-state index is -4.86. The van der Waals surface area contributed by atoms with Crippen molar-refractivity contribution >= 4 is 17.3 Å². The van der Waals surface area contributed by atoms with Crippen LogP contribution >= 0.6 is 11.3 Å². The molecule has 0 radical (unpaired) electrons. The lowest BCUT2D eigenvalue weighted by Crippen LogP contribution is -2.17. The Morgan fingerprint density at radius 3 is 2.50 bits per heavy atom. The van der Waals surface area contributed by atoms with Crippen molar-refractivity contribution in [2.45, 2.75) is 13.1 Å². The molecule has 0 fully saturated rings. The number of halogens is 3. The Morgan fingerprint density at radius 1 is 1.25 bits per heavy atom. The number of alkyl halides is 3. The van der Waals surface area contributed by atoms with Crippen molar-refractivity contribution in [1.29, 1.82) is 0 Å². The average Bonchev–Trinajstić information content (AvgIpc) is 3.14. The Kier molecular flexibility index (Phi) is 3.88. The Hall–Kier alpha value is -2.68. The molecule has 0 aliphatic carbocycles. The van der Waals surface area contributed by atoms with Gasteiger partial charge >= 0.3 is 12.1 Å². The molecule has 0 atom stereocenters. The molecule has 2 heterocycles. The van der Waals surface area contributed by atoms with Crippen LogP contribution in [0.25, 0.3) is 16.4 Å². The molecule has 3 rings (SSSR count). The molecule has 0 saturated carbocycles. The van der Waals surface area contributed by atoms with Crippen LogP contribution in [0.2, 0.25) is 0 Å². The molecule has 3 aromatic rings. The first-order chi connectivity index (χ1) is 11.3. The fourth-order valence-electron chi connectivity index (χ4n) is 2.14. The van der Waals surface area contributed by atoms with Crippen molar-refractivity contribution in [2.75, 3.05) is 0 Å². The summed E-state index contributed by atoms with van der Waals surface area (Å²) >= 11 is 0.953. The summed E-state index contributed by atoms with van der Waals surface area (Å²) in [4.78, 5) is 15.2. The molecule has 2 aromatic heterocycles. The van der Waals surface area contributed by atoms with E-state index in [-0.39, 0.29) is 5.13 Å². The van der Waals surface area contributed by atoms with Gasteiger partial charge in [-0.25, -0.2) is 14.5 Å². The smallest absolute Gasteiger partial charge is 0.434 e. The quantitative estimate of drug-likeness (QED) is 0.772. The predicted octanol–water partition coefficient (Wildman–Crippen LogP) is 4.02. The maximum absolute atomic E-state index is 13.2. The predicted molar refractivity (Wildman–Crippen MR) is 81.4 cm³/mol. The number of benzene rings is 1. The van der Waals surface area contributed by atoms with E-state index in [0.29, 0.717) is 16.6 Å². The molecule has 124 valence electrons. The second-order valence-electron chi connectivity index (χ2n) is 5.00. The second-order valence-corrected chi connectivity index (χ2v) is 5.84. The molecule has 0 spiro atoms.